The topological polar surface area (TPSA) is 65.2 Å². The predicted molar refractivity (Wildman–Crippen MR) is 48.2 cm³/mol. The van der Waals surface area contributed by atoms with Crippen LogP contribution in [0.1, 0.15) is 18.4 Å². The summed E-state index contributed by atoms with van der Waals surface area (Å²) in [5, 5.41) is 0. The van der Waals surface area contributed by atoms with Gasteiger partial charge in [-0.25, -0.2) is 4.79 Å². The molecule has 0 bridgehead atoms. The van der Waals surface area contributed by atoms with Crippen molar-refractivity contribution in [2.24, 2.45) is 5.73 Å². The van der Waals surface area contributed by atoms with Crippen LogP contribution in [-0.4, -0.2) is 17.7 Å². The molecule has 0 spiro atoms. The van der Waals surface area contributed by atoms with E-state index in [-0.39, 0.29) is 5.92 Å². The smallest absolute Gasteiger partial charge is 0.404 e. The Morgan fingerprint density at radius 1 is 1.62 bits per heavy atom. The third-order valence-electron chi connectivity index (χ3n) is 1.75. The maximum atomic E-state index is 10.3. The van der Waals surface area contributed by atoms with E-state index >= 15 is 0 Å². The highest BCUT2D eigenvalue weighted by Gasteiger charge is 2.06. The number of pyridine rings is 1. The van der Waals surface area contributed by atoms with Crippen molar-refractivity contribution in [3.8, 4) is 0 Å². The van der Waals surface area contributed by atoms with Crippen LogP contribution in [0.3, 0.4) is 0 Å². The Hall–Kier alpha value is -1.58. The number of amides is 1. The van der Waals surface area contributed by atoms with Crippen molar-refractivity contribution < 1.29 is 9.53 Å². The standard InChI is InChI=1S/C9H12N2O2/c1-7(6-13-9(10)12)8-2-4-11-5-3-8/h2-5,7H,6H2,1H3,(H2,10,12). The van der Waals surface area contributed by atoms with Gasteiger partial charge < -0.3 is 10.5 Å². The number of aromatic nitrogens is 1. The second kappa shape index (κ2) is 4.45. The zero-order valence-electron chi connectivity index (χ0n) is 7.43. The number of carbonyl (C=O) groups is 1. The fourth-order valence-electron chi connectivity index (χ4n) is 0.995. The van der Waals surface area contributed by atoms with E-state index in [2.05, 4.69) is 9.72 Å². The molecule has 1 rings (SSSR count). The largest absolute Gasteiger partial charge is 0.449 e. The van der Waals surface area contributed by atoms with Crippen molar-refractivity contribution in [3.05, 3.63) is 30.1 Å². The van der Waals surface area contributed by atoms with Gasteiger partial charge in [0.2, 0.25) is 0 Å². The maximum Gasteiger partial charge on any atom is 0.404 e. The zero-order valence-corrected chi connectivity index (χ0v) is 7.43. The first-order valence-corrected chi connectivity index (χ1v) is 4.02. The third-order valence-corrected chi connectivity index (χ3v) is 1.75. The number of hydrogen-bond donors (Lipinski definition) is 1. The molecule has 0 fully saturated rings. The number of nitrogens with zero attached hydrogens (tertiary/aromatic N) is 1. The molecule has 70 valence electrons. The van der Waals surface area contributed by atoms with E-state index in [1.54, 1.807) is 12.4 Å². The van der Waals surface area contributed by atoms with Crippen molar-refractivity contribution in [1.29, 1.82) is 0 Å². The molecule has 1 heterocycles. The van der Waals surface area contributed by atoms with E-state index in [0.717, 1.165) is 5.56 Å². The summed E-state index contributed by atoms with van der Waals surface area (Å²) in [6.45, 7) is 2.26. The summed E-state index contributed by atoms with van der Waals surface area (Å²) in [6, 6.07) is 3.77. The van der Waals surface area contributed by atoms with E-state index in [0.29, 0.717) is 6.61 Å². The molecule has 1 amide bonds. The minimum atomic E-state index is -0.735. The molecule has 0 aromatic carbocycles. The highest BCUT2D eigenvalue weighted by molar-refractivity contribution is 5.64. The summed E-state index contributed by atoms with van der Waals surface area (Å²) in [6.07, 6.45) is 2.67. The molecule has 0 aliphatic heterocycles. The second-order valence-electron chi connectivity index (χ2n) is 2.81. The zero-order chi connectivity index (χ0) is 9.68. The van der Waals surface area contributed by atoms with Gasteiger partial charge in [0, 0.05) is 18.3 Å². The average Bonchev–Trinajstić information content (AvgIpc) is 2.15. The lowest BCUT2D eigenvalue weighted by molar-refractivity contribution is 0.151. The van der Waals surface area contributed by atoms with Crippen LogP contribution in [0, 0.1) is 0 Å². The Bertz CT molecular complexity index is 274. The Kier molecular flexibility index (Phi) is 3.25. The molecule has 0 saturated carbocycles. The van der Waals surface area contributed by atoms with Crippen molar-refractivity contribution in [2.45, 2.75) is 12.8 Å². The van der Waals surface area contributed by atoms with Gasteiger partial charge in [-0.3, -0.25) is 4.98 Å². The molecule has 2 N–H and O–H groups in total. The van der Waals surface area contributed by atoms with Crippen LogP contribution in [0.15, 0.2) is 24.5 Å². The number of carbonyl (C=O) groups excluding carboxylic acids is 1. The molecule has 0 saturated heterocycles. The summed E-state index contributed by atoms with van der Waals surface area (Å²) in [7, 11) is 0. The number of hydrogen-bond acceptors (Lipinski definition) is 3. The van der Waals surface area contributed by atoms with Crippen molar-refractivity contribution in [3.63, 3.8) is 0 Å². The fraction of sp³-hybridized carbons (Fsp3) is 0.333. The SMILES string of the molecule is CC(COC(N)=O)c1ccncc1. The van der Waals surface area contributed by atoms with Crippen molar-refractivity contribution >= 4 is 6.09 Å². The number of primary amides is 1. The lowest BCUT2D eigenvalue weighted by Gasteiger charge is -2.10. The Balaban J connectivity index is 2.49. The lowest BCUT2D eigenvalue weighted by atomic mass is 10.0. The first-order chi connectivity index (χ1) is 6.20. The third kappa shape index (κ3) is 3.11. The van der Waals surface area contributed by atoms with Crippen LogP contribution in [0.2, 0.25) is 0 Å². The molecule has 4 nitrogen and oxygen atoms in total. The molecule has 1 aromatic heterocycles. The van der Waals surface area contributed by atoms with Gasteiger partial charge in [0.05, 0.1) is 6.61 Å². The Labute approximate surface area is 76.7 Å². The van der Waals surface area contributed by atoms with Crippen molar-refractivity contribution in [2.75, 3.05) is 6.61 Å². The van der Waals surface area contributed by atoms with Gasteiger partial charge in [0.1, 0.15) is 0 Å². The highest BCUT2D eigenvalue weighted by Crippen LogP contribution is 2.13. The monoisotopic (exact) mass is 180 g/mol. The number of nitrogens with two attached hydrogens (primary N) is 1. The molecule has 0 aliphatic rings. The molecule has 1 atom stereocenters. The van der Waals surface area contributed by atoms with Crippen LogP contribution in [0.5, 0.6) is 0 Å². The summed E-state index contributed by atoms with van der Waals surface area (Å²) in [4.78, 5) is 14.2. The summed E-state index contributed by atoms with van der Waals surface area (Å²) < 4.78 is 4.68. The number of rotatable bonds is 3. The van der Waals surface area contributed by atoms with E-state index in [4.69, 9.17) is 5.73 Å². The molecule has 1 aromatic rings. The van der Waals surface area contributed by atoms with Crippen LogP contribution in [-0.2, 0) is 4.74 Å². The van der Waals surface area contributed by atoms with Crippen LogP contribution < -0.4 is 5.73 Å². The van der Waals surface area contributed by atoms with Crippen LogP contribution >= 0.6 is 0 Å². The Morgan fingerprint density at radius 3 is 2.77 bits per heavy atom. The summed E-state index contributed by atoms with van der Waals surface area (Å²) >= 11 is 0. The average molecular weight is 180 g/mol. The quantitative estimate of drug-likeness (QED) is 0.762. The highest BCUT2D eigenvalue weighted by atomic mass is 16.5. The van der Waals surface area contributed by atoms with E-state index in [9.17, 15) is 4.79 Å². The molecule has 0 radical (unpaired) electrons. The second-order valence-corrected chi connectivity index (χ2v) is 2.81. The van der Waals surface area contributed by atoms with Crippen molar-refractivity contribution in [1.82, 2.24) is 4.98 Å². The normalized spacial score (nSPS) is 12.1. The van der Waals surface area contributed by atoms with Gasteiger partial charge in [-0.2, -0.15) is 0 Å². The first kappa shape index (κ1) is 9.51. The maximum absolute atomic E-state index is 10.3. The van der Waals surface area contributed by atoms with Gasteiger partial charge in [-0.1, -0.05) is 6.92 Å². The fourth-order valence-corrected chi connectivity index (χ4v) is 0.995. The van der Waals surface area contributed by atoms with Crippen LogP contribution in [0.4, 0.5) is 4.79 Å². The molecular formula is C9H12N2O2. The van der Waals surface area contributed by atoms with Crippen LogP contribution in [0.25, 0.3) is 0 Å². The van der Waals surface area contributed by atoms with Gasteiger partial charge in [-0.15, -0.1) is 0 Å². The minimum Gasteiger partial charge on any atom is -0.449 e. The Morgan fingerprint density at radius 2 is 2.23 bits per heavy atom. The van der Waals surface area contributed by atoms with Gasteiger partial charge in [0.25, 0.3) is 0 Å². The van der Waals surface area contributed by atoms with E-state index < -0.39 is 6.09 Å². The number of ether oxygens (including phenoxy) is 1. The molecule has 0 aliphatic carbocycles. The summed E-state index contributed by atoms with van der Waals surface area (Å²) in [5.41, 5.74) is 5.93. The van der Waals surface area contributed by atoms with Gasteiger partial charge >= 0.3 is 6.09 Å². The predicted octanol–water partition coefficient (Wildman–Crippen LogP) is 1.28. The molecule has 1 unspecified atom stereocenters. The van der Waals surface area contributed by atoms with Gasteiger partial charge in [-0.05, 0) is 17.7 Å². The molecular weight excluding hydrogens is 168 g/mol. The molecule has 4 heteroatoms. The molecule has 13 heavy (non-hydrogen) atoms. The summed E-state index contributed by atoms with van der Waals surface area (Å²) in [5.74, 6) is 0.149. The van der Waals surface area contributed by atoms with E-state index in [1.165, 1.54) is 0 Å². The minimum absolute atomic E-state index is 0.149. The van der Waals surface area contributed by atoms with Gasteiger partial charge in [0.15, 0.2) is 0 Å². The lowest BCUT2D eigenvalue weighted by Crippen LogP contribution is -2.16. The van der Waals surface area contributed by atoms with E-state index in [1.807, 2.05) is 19.1 Å². The first-order valence-electron chi connectivity index (χ1n) is 4.02.